The topological polar surface area (TPSA) is 88.8 Å². The molecule has 0 aromatic carbocycles. The first-order valence-corrected chi connectivity index (χ1v) is 11.6. The molecule has 1 unspecified atom stereocenters. The van der Waals surface area contributed by atoms with Gasteiger partial charge in [0.1, 0.15) is 12.4 Å². The fraction of sp³-hybridized carbons (Fsp3) is 0.667. The fourth-order valence-corrected chi connectivity index (χ4v) is 4.47. The lowest BCUT2D eigenvalue weighted by atomic mass is 10.2. The zero-order chi connectivity index (χ0) is 22.1. The normalized spacial score (nSPS) is 16.5. The molecule has 1 aliphatic heterocycles. The van der Waals surface area contributed by atoms with E-state index in [2.05, 4.69) is 44.8 Å². The van der Waals surface area contributed by atoms with E-state index in [4.69, 9.17) is 14.5 Å². The van der Waals surface area contributed by atoms with Crippen molar-refractivity contribution in [2.75, 3.05) is 53.1 Å². The van der Waals surface area contributed by atoms with Crippen molar-refractivity contribution in [2.24, 2.45) is 12.0 Å². The van der Waals surface area contributed by atoms with Gasteiger partial charge in [0, 0.05) is 56.7 Å². The van der Waals surface area contributed by atoms with Crippen LogP contribution in [0.4, 0.5) is 0 Å². The van der Waals surface area contributed by atoms with Crippen LogP contribution in [0.1, 0.15) is 33.9 Å². The number of hydrogen-bond donors (Lipinski definition) is 2. The van der Waals surface area contributed by atoms with Gasteiger partial charge in [-0.3, -0.25) is 4.90 Å². The molecule has 10 heteroatoms. The Morgan fingerprint density at radius 1 is 1.26 bits per heavy atom. The summed E-state index contributed by atoms with van der Waals surface area (Å²) in [5, 5.41) is 15.3. The summed E-state index contributed by atoms with van der Waals surface area (Å²) < 4.78 is 12.7. The maximum atomic E-state index is 5.57. The second kappa shape index (κ2) is 12.1. The zero-order valence-electron chi connectivity index (χ0n) is 19.1. The monoisotopic (exact) mass is 449 g/mol. The van der Waals surface area contributed by atoms with Crippen molar-refractivity contribution in [3.8, 4) is 0 Å². The van der Waals surface area contributed by atoms with Gasteiger partial charge in [-0.15, -0.1) is 21.5 Å². The lowest BCUT2D eigenvalue weighted by Crippen LogP contribution is -2.46. The highest BCUT2D eigenvalue weighted by Crippen LogP contribution is 2.27. The van der Waals surface area contributed by atoms with Crippen LogP contribution in [-0.4, -0.2) is 78.7 Å². The molecule has 3 rings (SSSR count). The van der Waals surface area contributed by atoms with Crippen LogP contribution in [0.2, 0.25) is 0 Å². The predicted molar refractivity (Wildman–Crippen MR) is 124 cm³/mol. The number of aliphatic imine (C=N–C) groups is 1. The quantitative estimate of drug-likeness (QED) is 0.324. The third-order valence-corrected chi connectivity index (χ3v) is 6.52. The van der Waals surface area contributed by atoms with Gasteiger partial charge in [-0.05, 0) is 32.4 Å². The molecule has 3 heterocycles. The van der Waals surface area contributed by atoms with Crippen LogP contribution in [0, 0.1) is 13.8 Å². The summed E-state index contributed by atoms with van der Waals surface area (Å²) in [6, 6.07) is 4.72. The van der Waals surface area contributed by atoms with E-state index in [0.29, 0.717) is 13.2 Å². The van der Waals surface area contributed by atoms with Crippen molar-refractivity contribution in [1.29, 1.82) is 0 Å². The number of rotatable bonds is 10. The number of guanidine groups is 1. The highest BCUT2D eigenvalue weighted by molar-refractivity contribution is 7.12. The van der Waals surface area contributed by atoms with Gasteiger partial charge in [0.05, 0.1) is 19.3 Å². The first-order valence-electron chi connectivity index (χ1n) is 10.8. The molecule has 1 atom stereocenters. The molecule has 0 aliphatic carbocycles. The van der Waals surface area contributed by atoms with Crippen molar-refractivity contribution < 1.29 is 9.47 Å². The summed E-state index contributed by atoms with van der Waals surface area (Å²) >= 11 is 1.86. The second-order valence-corrected chi connectivity index (χ2v) is 8.97. The summed E-state index contributed by atoms with van der Waals surface area (Å²) in [5.74, 6) is 2.51. The molecule has 2 aromatic rings. The fourth-order valence-electron chi connectivity index (χ4n) is 3.46. The van der Waals surface area contributed by atoms with E-state index in [0.717, 1.165) is 63.4 Å². The van der Waals surface area contributed by atoms with E-state index >= 15 is 0 Å². The number of aryl methyl sites for hydroxylation is 2. The van der Waals surface area contributed by atoms with E-state index in [9.17, 15) is 0 Å². The molecule has 2 N–H and O–H groups in total. The number of aromatic nitrogens is 3. The Morgan fingerprint density at radius 2 is 2.06 bits per heavy atom. The molecule has 9 nitrogen and oxygen atoms in total. The molecule has 0 bridgehead atoms. The number of morpholine rings is 1. The molecule has 1 aliphatic rings. The molecule has 0 radical (unpaired) electrons. The molecular formula is C21H35N7O2S. The minimum Gasteiger partial charge on any atom is -0.385 e. The van der Waals surface area contributed by atoms with Crippen LogP contribution in [-0.2, 0) is 23.1 Å². The number of hydrogen-bond acceptors (Lipinski definition) is 7. The van der Waals surface area contributed by atoms with Gasteiger partial charge in [-0.25, -0.2) is 4.99 Å². The van der Waals surface area contributed by atoms with Crippen molar-refractivity contribution in [3.05, 3.63) is 33.5 Å². The van der Waals surface area contributed by atoms with E-state index < -0.39 is 0 Å². The number of methoxy groups -OCH3 is 1. The lowest BCUT2D eigenvalue weighted by molar-refractivity contribution is 0.0177. The van der Waals surface area contributed by atoms with Gasteiger partial charge in [0.15, 0.2) is 11.8 Å². The molecule has 0 spiro atoms. The predicted octanol–water partition coefficient (Wildman–Crippen LogP) is 1.64. The summed E-state index contributed by atoms with van der Waals surface area (Å²) in [5.41, 5.74) is 0. The number of nitrogens with zero attached hydrogens (tertiary/aromatic N) is 5. The Kier molecular flexibility index (Phi) is 9.26. The molecule has 31 heavy (non-hydrogen) atoms. The Bertz CT molecular complexity index is 830. The van der Waals surface area contributed by atoms with Crippen LogP contribution in [0.5, 0.6) is 0 Å². The van der Waals surface area contributed by atoms with Crippen molar-refractivity contribution >= 4 is 17.3 Å². The van der Waals surface area contributed by atoms with E-state index in [1.54, 1.807) is 7.11 Å². The van der Waals surface area contributed by atoms with Crippen molar-refractivity contribution in [1.82, 2.24) is 30.3 Å². The first kappa shape index (κ1) is 23.6. The smallest absolute Gasteiger partial charge is 0.191 e. The van der Waals surface area contributed by atoms with Crippen LogP contribution in [0.15, 0.2) is 17.1 Å². The average molecular weight is 450 g/mol. The lowest BCUT2D eigenvalue weighted by Gasteiger charge is -2.34. The maximum absolute atomic E-state index is 5.57. The average Bonchev–Trinajstić information content (AvgIpc) is 3.35. The van der Waals surface area contributed by atoms with E-state index in [1.165, 1.54) is 9.75 Å². The number of ether oxygens (including phenoxy) is 2. The largest absolute Gasteiger partial charge is 0.385 e. The van der Waals surface area contributed by atoms with Gasteiger partial charge < -0.3 is 24.7 Å². The summed E-state index contributed by atoms with van der Waals surface area (Å²) in [6.45, 7) is 10.3. The minimum absolute atomic E-state index is 0.283. The molecule has 172 valence electrons. The second-order valence-electron chi connectivity index (χ2n) is 7.65. The van der Waals surface area contributed by atoms with E-state index in [-0.39, 0.29) is 6.04 Å². The molecule has 2 aromatic heterocycles. The van der Waals surface area contributed by atoms with Crippen LogP contribution in [0.3, 0.4) is 0 Å². The van der Waals surface area contributed by atoms with Crippen LogP contribution in [0.25, 0.3) is 0 Å². The SMILES string of the molecule is COCCCNC(=NCc1nnc(C)n1C)NCC(c1ccc(C)s1)N1CCOCC1. The Balaban J connectivity index is 1.69. The summed E-state index contributed by atoms with van der Waals surface area (Å²) in [6.07, 6.45) is 0.914. The highest BCUT2D eigenvalue weighted by Gasteiger charge is 2.24. The maximum Gasteiger partial charge on any atom is 0.191 e. The van der Waals surface area contributed by atoms with E-state index in [1.807, 2.05) is 29.9 Å². The Morgan fingerprint density at radius 3 is 2.71 bits per heavy atom. The molecular weight excluding hydrogens is 414 g/mol. The highest BCUT2D eigenvalue weighted by atomic mass is 32.1. The van der Waals surface area contributed by atoms with Crippen LogP contribution >= 0.6 is 11.3 Å². The van der Waals surface area contributed by atoms with Gasteiger partial charge in [0.2, 0.25) is 0 Å². The van der Waals surface area contributed by atoms with Gasteiger partial charge >= 0.3 is 0 Å². The van der Waals surface area contributed by atoms with Gasteiger partial charge in [0.25, 0.3) is 0 Å². The van der Waals surface area contributed by atoms with Gasteiger partial charge in [-0.1, -0.05) is 0 Å². The third kappa shape index (κ3) is 6.99. The standard InChI is InChI=1S/C21H35N7O2S/c1-16-6-7-19(31-16)18(28-9-12-30-13-10-28)14-23-21(22-8-5-11-29-4)24-15-20-26-25-17(2)27(20)3/h6-7,18H,5,8-15H2,1-4H3,(H2,22,23,24). The Labute approximate surface area is 188 Å². The number of thiophene rings is 1. The van der Waals surface area contributed by atoms with Crippen molar-refractivity contribution in [3.63, 3.8) is 0 Å². The number of nitrogens with one attached hydrogen (secondary N) is 2. The molecule has 0 saturated carbocycles. The molecule has 1 fully saturated rings. The molecule has 0 amide bonds. The summed E-state index contributed by atoms with van der Waals surface area (Å²) in [7, 11) is 3.69. The summed E-state index contributed by atoms with van der Waals surface area (Å²) in [4.78, 5) is 9.97. The zero-order valence-corrected chi connectivity index (χ0v) is 19.9. The first-order chi connectivity index (χ1) is 15.1. The minimum atomic E-state index is 0.283. The van der Waals surface area contributed by atoms with Gasteiger partial charge in [-0.2, -0.15) is 0 Å². The molecule has 1 saturated heterocycles. The van der Waals surface area contributed by atoms with Crippen molar-refractivity contribution in [2.45, 2.75) is 32.9 Å². The third-order valence-electron chi connectivity index (χ3n) is 5.42. The van der Waals surface area contributed by atoms with Crippen LogP contribution < -0.4 is 10.6 Å². The Hall–Kier alpha value is -2.01.